The Morgan fingerprint density at radius 2 is 2.16 bits per heavy atom. The SMILES string of the molecule is O=C(Oc1cncc(Cl)c1)c1ccc2nc[nH]c2c1. The van der Waals surface area contributed by atoms with Gasteiger partial charge >= 0.3 is 5.97 Å². The van der Waals surface area contributed by atoms with Crippen molar-refractivity contribution in [2.75, 3.05) is 0 Å². The van der Waals surface area contributed by atoms with E-state index in [1.807, 2.05) is 0 Å². The van der Waals surface area contributed by atoms with Crippen LogP contribution < -0.4 is 4.74 Å². The number of ether oxygens (including phenoxy) is 1. The van der Waals surface area contributed by atoms with Gasteiger partial charge in [0.15, 0.2) is 5.75 Å². The molecule has 1 N–H and O–H groups in total. The van der Waals surface area contributed by atoms with Crippen molar-refractivity contribution in [1.29, 1.82) is 0 Å². The zero-order valence-corrected chi connectivity index (χ0v) is 10.4. The van der Waals surface area contributed by atoms with Crippen LogP contribution in [0.5, 0.6) is 5.75 Å². The lowest BCUT2D eigenvalue weighted by molar-refractivity contribution is 0.0734. The monoisotopic (exact) mass is 273 g/mol. The molecule has 0 aliphatic rings. The fraction of sp³-hybridized carbons (Fsp3) is 0. The van der Waals surface area contributed by atoms with Crippen molar-refractivity contribution in [3.63, 3.8) is 0 Å². The highest BCUT2D eigenvalue weighted by Crippen LogP contribution is 2.18. The summed E-state index contributed by atoms with van der Waals surface area (Å²) in [5.41, 5.74) is 2.00. The largest absolute Gasteiger partial charge is 0.421 e. The average Bonchev–Trinajstić information content (AvgIpc) is 2.85. The smallest absolute Gasteiger partial charge is 0.343 e. The molecular formula is C13H8ClN3O2. The Morgan fingerprint density at radius 3 is 3.00 bits per heavy atom. The summed E-state index contributed by atoms with van der Waals surface area (Å²) in [4.78, 5) is 22.8. The standard InChI is InChI=1S/C13H8ClN3O2/c14-9-4-10(6-15-5-9)19-13(18)8-1-2-11-12(3-8)17-7-16-11/h1-7H,(H,16,17). The number of rotatable bonds is 2. The van der Waals surface area contributed by atoms with Gasteiger partial charge in [0.25, 0.3) is 0 Å². The lowest BCUT2D eigenvalue weighted by Gasteiger charge is -2.04. The predicted octanol–water partition coefficient (Wildman–Crippen LogP) is 2.83. The Kier molecular flexibility index (Phi) is 2.89. The molecule has 0 aliphatic carbocycles. The summed E-state index contributed by atoms with van der Waals surface area (Å²) in [6.45, 7) is 0. The van der Waals surface area contributed by atoms with E-state index in [-0.39, 0.29) is 0 Å². The van der Waals surface area contributed by atoms with Crippen LogP contribution in [0.15, 0.2) is 43.0 Å². The molecule has 2 heterocycles. The summed E-state index contributed by atoms with van der Waals surface area (Å²) in [5.74, 6) is -0.164. The quantitative estimate of drug-likeness (QED) is 0.729. The van der Waals surface area contributed by atoms with Gasteiger partial charge in [-0.15, -0.1) is 0 Å². The number of fused-ring (bicyclic) bond motifs is 1. The highest BCUT2D eigenvalue weighted by Gasteiger charge is 2.10. The lowest BCUT2D eigenvalue weighted by atomic mass is 10.2. The Balaban J connectivity index is 1.87. The summed E-state index contributed by atoms with van der Waals surface area (Å²) in [6.07, 6.45) is 4.47. The molecular weight excluding hydrogens is 266 g/mol. The first-order chi connectivity index (χ1) is 9.22. The fourth-order valence-corrected chi connectivity index (χ4v) is 1.84. The minimum atomic E-state index is -0.472. The summed E-state index contributed by atoms with van der Waals surface area (Å²) in [7, 11) is 0. The van der Waals surface area contributed by atoms with E-state index in [2.05, 4.69) is 15.0 Å². The molecule has 0 radical (unpaired) electrons. The molecule has 0 fully saturated rings. The topological polar surface area (TPSA) is 67.9 Å². The zero-order valence-electron chi connectivity index (χ0n) is 9.63. The predicted molar refractivity (Wildman–Crippen MR) is 70.3 cm³/mol. The van der Waals surface area contributed by atoms with Gasteiger partial charge in [-0.3, -0.25) is 4.98 Å². The van der Waals surface area contributed by atoms with E-state index < -0.39 is 5.97 Å². The van der Waals surface area contributed by atoms with Crippen molar-refractivity contribution < 1.29 is 9.53 Å². The van der Waals surface area contributed by atoms with Crippen LogP contribution in [0.4, 0.5) is 0 Å². The number of aromatic amines is 1. The number of halogens is 1. The van der Waals surface area contributed by atoms with Gasteiger partial charge in [-0.25, -0.2) is 9.78 Å². The van der Waals surface area contributed by atoms with E-state index in [4.69, 9.17) is 16.3 Å². The van der Waals surface area contributed by atoms with Crippen molar-refractivity contribution in [3.05, 3.63) is 53.6 Å². The fourth-order valence-electron chi connectivity index (χ4n) is 1.68. The molecule has 0 saturated heterocycles. The van der Waals surface area contributed by atoms with Gasteiger partial charge in [0.1, 0.15) is 0 Å². The molecule has 0 unspecified atom stereocenters. The van der Waals surface area contributed by atoms with Gasteiger partial charge in [-0.05, 0) is 18.2 Å². The molecule has 1 aromatic carbocycles. The highest BCUT2D eigenvalue weighted by molar-refractivity contribution is 6.30. The summed E-state index contributed by atoms with van der Waals surface area (Å²) >= 11 is 5.77. The Hall–Kier alpha value is -2.40. The number of pyridine rings is 1. The number of imidazole rings is 1. The Morgan fingerprint density at radius 1 is 1.26 bits per heavy atom. The number of hydrogen-bond acceptors (Lipinski definition) is 4. The maximum Gasteiger partial charge on any atom is 0.343 e. The normalized spacial score (nSPS) is 10.6. The third-order valence-corrected chi connectivity index (χ3v) is 2.75. The van der Waals surface area contributed by atoms with Crippen LogP contribution >= 0.6 is 11.6 Å². The molecule has 19 heavy (non-hydrogen) atoms. The average molecular weight is 274 g/mol. The number of benzene rings is 1. The third-order valence-electron chi connectivity index (χ3n) is 2.55. The summed E-state index contributed by atoms with van der Waals surface area (Å²) in [6, 6.07) is 6.62. The Labute approximate surface area is 113 Å². The van der Waals surface area contributed by atoms with Crippen LogP contribution in [0.1, 0.15) is 10.4 Å². The van der Waals surface area contributed by atoms with E-state index in [9.17, 15) is 4.79 Å². The highest BCUT2D eigenvalue weighted by atomic mass is 35.5. The molecule has 0 amide bonds. The van der Waals surface area contributed by atoms with Gasteiger partial charge in [0.2, 0.25) is 0 Å². The van der Waals surface area contributed by atoms with Crippen molar-refractivity contribution in [3.8, 4) is 5.75 Å². The van der Waals surface area contributed by atoms with Crippen molar-refractivity contribution in [2.45, 2.75) is 0 Å². The van der Waals surface area contributed by atoms with Crippen molar-refractivity contribution >= 4 is 28.6 Å². The number of aromatic nitrogens is 3. The molecule has 0 bridgehead atoms. The molecule has 2 aromatic heterocycles. The molecule has 3 aromatic rings. The summed E-state index contributed by atoms with van der Waals surface area (Å²) < 4.78 is 5.19. The second kappa shape index (κ2) is 4.70. The first-order valence-corrected chi connectivity index (χ1v) is 5.86. The minimum absolute atomic E-state index is 0.308. The van der Waals surface area contributed by atoms with Gasteiger partial charge in [0, 0.05) is 12.3 Å². The number of hydrogen-bond donors (Lipinski definition) is 1. The third kappa shape index (κ3) is 2.41. The maximum absolute atomic E-state index is 12.0. The van der Waals surface area contributed by atoms with Gasteiger partial charge in [0.05, 0.1) is 34.1 Å². The van der Waals surface area contributed by atoms with Crippen LogP contribution in [0.3, 0.4) is 0 Å². The Bertz CT molecular complexity index is 754. The number of H-pyrrole nitrogens is 1. The zero-order chi connectivity index (χ0) is 13.2. The first kappa shape index (κ1) is 11.7. The van der Waals surface area contributed by atoms with E-state index in [1.54, 1.807) is 24.5 Å². The molecule has 0 spiro atoms. The second-order valence-electron chi connectivity index (χ2n) is 3.86. The van der Waals surface area contributed by atoms with E-state index in [0.717, 1.165) is 11.0 Å². The van der Waals surface area contributed by atoms with E-state index in [1.165, 1.54) is 18.5 Å². The molecule has 0 aliphatic heterocycles. The summed E-state index contributed by atoms with van der Waals surface area (Å²) in [5, 5.41) is 0.411. The number of esters is 1. The molecule has 3 rings (SSSR count). The number of nitrogens with one attached hydrogen (secondary N) is 1. The van der Waals surface area contributed by atoms with Gasteiger partial charge in [-0.2, -0.15) is 0 Å². The van der Waals surface area contributed by atoms with Crippen LogP contribution in [-0.4, -0.2) is 20.9 Å². The van der Waals surface area contributed by atoms with Crippen LogP contribution in [0.2, 0.25) is 5.02 Å². The second-order valence-corrected chi connectivity index (χ2v) is 4.30. The van der Waals surface area contributed by atoms with Crippen molar-refractivity contribution in [2.24, 2.45) is 0 Å². The number of nitrogens with zero attached hydrogens (tertiary/aromatic N) is 2. The lowest BCUT2D eigenvalue weighted by Crippen LogP contribution is -2.08. The van der Waals surface area contributed by atoms with E-state index >= 15 is 0 Å². The first-order valence-electron chi connectivity index (χ1n) is 5.48. The van der Waals surface area contributed by atoms with Gasteiger partial charge in [-0.1, -0.05) is 11.6 Å². The molecule has 94 valence electrons. The molecule has 6 heteroatoms. The maximum atomic E-state index is 12.0. The van der Waals surface area contributed by atoms with Crippen LogP contribution in [0, 0.1) is 0 Å². The van der Waals surface area contributed by atoms with Gasteiger partial charge < -0.3 is 9.72 Å². The van der Waals surface area contributed by atoms with Crippen molar-refractivity contribution in [1.82, 2.24) is 15.0 Å². The molecule has 5 nitrogen and oxygen atoms in total. The minimum Gasteiger partial charge on any atom is -0.421 e. The number of carbonyl (C=O) groups is 1. The molecule has 0 saturated carbocycles. The molecule has 0 atom stereocenters. The number of carbonyl (C=O) groups excluding carboxylic acids is 1. The van der Waals surface area contributed by atoms with E-state index in [0.29, 0.717) is 16.3 Å². The van der Waals surface area contributed by atoms with Crippen LogP contribution in [0.25, 0.3) is 11.0 Å². The van der Waals surface area contributed by atoms with Crippen LogP contribution in [-0.2, 0) is 0 Å².